The van der Waals surface area contributed by atoms with Crippen molar-refractivity contribution in [2.24, 2.45) is 0 Å². The molecular weight excluding hydrogens is 286 g/mol. The van der Waals surface area contributed by atoms with Gasteiger partial charge < -0.3 is 10.4 Å². The van der Waals surface area contributed by atoms with Gasteiger partial charge in [-0.15, -0.1) is 10.2 Å². The molecule has 4 nitrogen and oxygen atoms in total. The summed E-state index contributed by atoms with van der Waals surface area (Å²) in [4.78, 5) is 0. The lowest BCUT2D eigenvalue weighted by atomic mass is 9.97. The lowest BCUT2D eigenvalue weighted by Crippen LogP contribution is -2.47. The molecule has 0 aliphatic carbocycles. The summed E-state index contributed by atoms with van der Waals surface area (Å²) in [5.41, 5.74) is -0.214. The van der Waals surface area contributed by atoms with Crippen LogP contribution in [-0.4, -0.2) is 45.5 Å². The van der Waals surface area contributed by atoms with E-state index in [4.69, 9.17) is 0 Å². The van der Waals surface area contributed by atoms with Gasteiger partial charge in [0.1, 0.15) is 0 Å². The van der Waals surface area contributed by atoms with E-state index in [0.717, 1.165) is 21.6 Å². The highest BCUT2D eigenvalue weighted by molar-refractivity contribution is 8.03. The van der Waals surface area contributed by atoms with Gasteiger partial charge in [-0.2, -0.15) is 0 Å². The Morgan fingerprint density at radius 2 is 2.11 bits per heavy atom. The number of hydrogen-bond acceptors (Lipinski definition) is 7. The van der Waals surface area contributed by atoms with Crippen LogP contribution in [0.4, 0.5) is 0 Å². The molecule has 0 aromatic carbocycles. The van der Waals surface area contributed by atoms with E-state index in [1.807, 2.05) is 6.26 Å². The van der Waals surface area contributed by atoms with Crippen LogP contribution in [0.2, 0.25) is 0 Å². The van der Waals surface area contributed by atoms with Crippen LogP contribution in [0.3, 0.4) is 0 Å². The van der Waals surface area contributed by atoms with Crippen molar-refractivity contribution in [2.45, 2.75) is 46.7 Å². The first-order chi connectivity index (χ1) is 8.53. The van der Waals surface area contributed by atoms with Gasteiger partial charge in [-0.3, -0.25) is 0 Å². The third kappa shape index (κ3) is 5.05. The summed E-state index contributed by atoms with van der Waals surface area (Å²) in [6.45, 7) is 7.29. The van der Waals surface area contributed by atoms with E-state index in [-0.39, 0.29) is 12.1 Å². The van der Waals surface area contributed by atoms with E-state index in [2.05, 4.69) is 36.3 Å². The molecule has 0 bridgehead atoms. The van der Waals surface area contributed by atoms with Crippen LogP contribution < -0.4 is 5.32 Å². The Labute approximate surface area is 121 Å². The van der Waals surface area contributed by atoms with Gasteiger partial charge in [-0.1, -0.05) is 48.7 Å². The van der Waals surface area contributed by atoms with Crippen molar-refractivity contribution in [1.82, 2.24) is 15.5 Å². The van der Waals surface area contributed by atoms with Crippen molar-refractivity contribution in [1.29, 1.82) is 0 Å². The Morgan fingerprint density at radius 1 is 1.44 bits per heavy atom. The van der Waals surface area contributed by atoms with Gasteiger partial charge in [0, 0.05) is 10.8 Å². The number of likely N-dealkylation sites (N-methyl/N-ethyl adjacent to an activating group) is 1. The summed E-state index contributed by atoms with van der Waals surface area (Å²) in [6, 6.07) is 0. The average molecular weight is 308 g/mol. The second-order valence-electron chi connectivity index (χ2n) is 4.42. The Morgan fingerprint density at radius 3 is 2.61 bits per heavy atom. The maximum absolute atomic E-state index is 9.47. The molecule has 7 heteroatoms. The van der Waals surface area contributed by atoms with Crippen LogP contribution in [-0.2, 0) is 0 Å². The number of hydrogen-bond donors (Lipinski definition) is 2. The van der Waals surface area contributed by atoms with Gasteiger partial charge in [0.05, 0.1) is 6.61 Å². The number of nitrogens with zero attached hydrogens (tertiary/aromatic N) is 2. The summed E-state index contributed by atoms with van der Waals surface area (Å²) in [6.07, 6.45) is 2.91. The van der Waals surface area contributed by atoms with Crippen molar-refractivity contribution in [3.8, 4) is 0 Å². The molecule has 2 N–H and O–H groups in total. The molecule has 1 aromatic rings. The summed E-state index contributed by atoms with van der Waals surface area (Å²) in [5.74, 6) is 0. The molecule has 2 atom stereocenters. The van der Waals surface area contributed by atoms with E-state index in [1.54, 1.807) is 34.9 Å². The second-order valence-corrected chi connectivity index (χ2v) is 8.14. The number of thioether (sulfide) groups is 2. The average Bonchev–Trinajstić information content (AvgIpc) is 2.76. The van der Waals surface area contributed by atoms with Crippen molar-refractivity contribution in [2.75, 3.05) is 19.4 Å². The lowest BCUT2D eigenvalue weighted by molar-refractivity contribution is 0.168. The quantitative estimate of drug-likeness (QED) is 0.720. The fourth-order valence-corrected chi connectivity index (χ4v) is 4.76. The van der Waals surface area contributed by atoms with Crippen molar-refractivity contribution >= 4 is 34.9 Å². The minimum absolute atomic E-state index is 0.151. The molecule has 1 heterocycles. The van der Waals surface area contributed by atoms with Gasteiger partial charge in [0.15, 0.2) is 8.68 Å². The largest absolute Gasteiger partial charge is 0.394 e. The summed E-state index contributed by atoms with van der Waals surface area (Å²) in [5, 5.41) is 21.5. The van der Waals surface area contributed by atoms with E-state index in [9.17, 15) is 5.11 Å². The van der Waals surface area contributed by atoms with Crippen LogP contribution in [0.5, 0.6) is 0 Å². The number of nitrogens with one attached hydrogen (secondary N) is 1. The van der Waals surface area contributed by atoms with Crippen molar-refractivity contribution in [3.05, 3.63) is 0 Å². The van der Waals surface area contributed by atoms with Gasteiger partial charge >= 0.3 is 0 Å². The summed E-state index contributed by atoms with van der Waals surface area (Å²) < 4.78 is 2.00. The second kappa shape index (κ2) is 7.69. The highest BCUT2D eigenvalue weighted by Crippen LogP contribution is 2.32. The molecular formula is C11H21N3OS3. The number of aromatic nitrogens is 2. The molecule has 18 heavy (non-hydrogen) atoms. The SMILES string of the molecule is CCNC(C)(CO)CC(C)Sc1nnc(SC)s1. The molecule has 0 aliphatic heterocycles. The van der Waals surface area contributed by atoms with Crippen LogP contribution in [0, 0.1) is 0 Å². The van der Waals surface area contributed by atoms with Gasteiger partial charge in [-0.25, -0.2) is 0 Å². The maximum atomic E-state index is 9.47. The molecule has 0 spiro atoms. The standard InChI is InChI=1S/C11H21N3OS3/c1-5-12-11(3,7-15)6-8(2)17-10-14-13-9(16-4)18-10/h8,12,15H,5-7H2,1-4H3. The zero-order chi connectivity index (χ0) is 13.6. The Bertz CT molecular complexity index is 361. The Hall–Kier alpha value is 0.180. The molecule has 0 aliphatic rings. The van der Waals surface area contributed by atoms with E-state index >= 15 is 0 Å². The third-order valence-electron chi connectivity index (χ3n) is 2.56. The number of aliphatic hydroxyl groups is 1. The molecule has 0 amide bonds. The van der Waals surface area contributed by atoms with Crippen molar-refractivity contribution < 1.29 is 5.11 Å². The normalized spacial score (nSPS) is 16.5. The first-order valence-corrected chi connectivity index (χ1v) is 8.85. The first kappa shape index (κ1) is 16.2. The van der Waals surface area contributed by atoms with E-state index < -0.39 is 0 Å². The zero-order valence-electron chi connectivity index (χ0n) is 11.3. The maximum Gasteiger partial charge on any atom is 0.175 e. The molecule has 1 aromatic heterocycles. The number of rotatable bonds is 8. The molecule has 2 unspecified atom stereocenters. The predicted octanol–water partition coefficient (Wildman–Crippen LogP) is 2.49. The topological polar surface area (TPSA) is 58.0 Å². The first-order valence-electron chi connectivity index (χ1n) is 5.93. The Balaban J connectivity index is 2.51. The zero-order valence-corrected chi connectivity index (χ0v) is 13.7. The number of aliphatic hydroxyl groups excluding tert-OH is 1. The lowest BCUT2D eigenvalue weighted by Gasteiger charge is -2.30. The van der Waals surface area contributed by atoms with Crippen LogP contribution in [0.25, 0.3) is 0 Å². The third-order valence-corrected chi connectivity index (χ3v) is 5.64. The monoisotopic (exact) mass is 307 g/mol. The fraction of sp³-hybridized carbons (Fsp3) is 0.818. The van der Waals surface area contributed by atoms with E-state index in [1.165, 1.54) is 0 Å². The van der Waals surface area contributed by atoms with Gasteiger partial charge in [-0.05, 0) is 26.1 Å². The van der Waals surface area contributed by atoms with Crippen LogP contribution in [0.1, 0.15) is 27.2 Å². The minimum Gasteiger partial charge on any atom is -0.394 e. The molecule has 1 rings (SSSR count). The minimum atomic E-state index is -0.214. The smallest absolute Gasteiger partial charge is 0.175 e. The molecule has 0 fully saturated rings. The molecule has 0 saturated carbocycles. The van der Waals surface area contributed by atoms with Gasteiger partial charge in [0.2, 0.25) is 0 Å². The molecule has 104 valence electrons. The molecule has 0 saturated heterocycles. The summed E-state index contributed by atoms with van der Waals surface area (Å²) in [7, 11) is 0. The van der Waals surface area contributed by atoms with Crippen LogP contribution in [0.15, 0.2) is 8.68 Å². The van der Waals surface area contributed by atoms with E-state index in [0.29, 0.717) is 5.25 Å². The highest BCUT2D eigenvalue weighted by atomic mass is 32.2. The molecule has 0 radical (unpaired) electrons. The summed E-state index contributed by atoms with van der Waals surface area (Å²) >= 11 is 4.98. The van der Waals surface area contributed by atoms with Crippen molar-refractivity contribution in [3.63, 3.8) is 0 Å². The van der Waals surface area contributed by atoms with Crippen LogP contribution >= 0.6 is 34.9 Å². The fourth-order valence-electron chi connectivity index (χ4n) is 1.79. The predicted molar refractivity (Wildman–Crippen MR) is 80.8 cm³/mol. The highest BCUT2D eigenvalue weighted by Gasteiger charge is 2.25. The van der Waals surface area contributed by atoms with Gasteiger partial charge in [0.25, 0.3) is 0 Å². The Kier molecular flexibility index (Phi) is 6.94.